The summed E-state index contributed by atoms with van der Waals surface area (Å²) in [4.78, 5) is 1.99. The van der Waals surface area contributed by atoms with Crippen LogP contribution in [0.15, 0.2) is 24.4 Å². The largest absolute Gasteiger partial charge is 0.390 e. The lowest BCUT2D eigenvalue weighted by atomic mass is 10.1. The third-order valence-corrected chi connectivity index (χ3v) is 4.34. The molecule has 132 valence electrons. The van der Waals surface area contributed by atoms with E-state index in [-0.39, 0.29) is 12.1 Å². The molecule has 0 saturated heterocycles. The quantitative estimate of drug-likeness (QED) is 0.818. The van der Waals surface area contributed by atoms with Gasteiger partial charge >= 0.3 is 0 Å². The Morgan fingerprint density at radius 1 is 1.25 bits per heavy atom. The summed E-state index contributed by atoms with van der Waals surface area (Å²) in [6.45, 7) is 9.63. The zero-order valence-electron chi connectivity index (χ0n) is 15.7. The molecular weight excluding hydrogens is 300 g/mol. The first-order chi connectivity index (χ1) is 11.3. The molecule has 0 radical (unpaired) electrons. The second-order valence-corrected chi connectivity index (χ2v) is 6.93. The Morgan fingerprint density at radius 2 is 1.96 bits per heavy atom. The molecule has 5 heteroatoms. The topological polar surface area (TPSA) is 53.3 Å². The summed E-state index contributed by atoms with van der Waals surface area (Å²) in [5.74, 6) is 0. The number of nitrogens with one attached hydrogen (secondary N) is 1. The van der Waals surface area contributed by atoms with Crippen molar-refractivity contribution in [2.45, 2.75) is 39.8 Å². The molecule has 24 heavy (non-hydrogen) atoms. The molecule has 0 aliphatic carbocycles. The fourth-order valence-corrected chi connectivity index (χ4v) is 2.95. The van der Waals surface area contributed by atoms with E-state index in [1.807, 2.05) is 29.9 Å². The van der Waals surface area contributed by atoms with Crippen LogP contribution < -0.4 is 5.32 Å². The SMILES string of the molecule is Cc1ccc(C)c(-n2ncc(C(C)NCC(O)CN(C)C)c2C)c1. The molecule has 0 fully saturated rings. The summed E-state index contributed by atoms with van der Waals surface area (Å²) in [7, 11) is 3.93. The lowest BCUT2D eigenvalue weighted by Crippen LogP contribution is -2.36. The van der Waals surface area contributed by atoms with Gasteiger partial charge in [0, 0.05) is 30.4 Å². The van der Waals surface area contributed by atoms with Crippen molar-refractivity contribution in [1.29, 1.82) is 0 Å². The minimum Gasteiger partial charge on any atom is -0.390 e. The Labute approximate surface area is 145 Å². The summed E-state index contributed by atoms with van der Waals surface area (Å²) in [6.07, 6.45) is 1.55. The molecule has 0 amide bonds. The van der Waals surface area contributed by atoms with Crippen LogP contribution in [-0.2, 0) is 0 Å². The van der Waals surface area contributed by atoms with Gasteiger partial charge in [0.1, 0.15) is 0 Å². The standard InChI is InChI=1S/C19H30N4O/c1-13-7-8-14(2)19(9-13)23-16(4)18(11-21-23)15(3)20-10-17(24)12-22(5)6/h7-9,11,15,17,20,24H,10,12H2,1-6H3. The van der Waals surface area contributed by atoms with Gasteiger partial charge in [-0.1, -0.05) is 12.1 Å². The van der Waals surface area contributed by atoms with Crippen LogP contribution in [0.2, 0.25) is 0 Å². The minimum atomic E-state index is -0.378. The molecule has 2 unspecified atom stereocenters. The van der Waals surface area contributed by atoms with Gasteiger partial charge in [0.05, 0.1) is 18.0 Å². The maximum atomic E-state index is 10.0. The molecular formula is C19H30N4O. The Balaban J connectivity index is 2.13. The van der Waals surface area contributed by atoms with Crippen molar-refractivity contribution in [2.24, 2.45) is 0 Å². The lowest BCUT2D eigenvalue weighted by Gasteiger charge is -2.20. The normalized spacial score (nSPS) is 14.2. The molecule has 5 nitrogen and oxygen atoms in total. The number of benzene rings is 1. The molecule has 2 N–H and O–H groups in total. The molecule has 1 aromatic carbocycles. The Bertz CT molecular complexity index is 678. The first-order valence-corrected chi connectivity index (χ1v) is 8.48. The molecule has 1 heterocycles. The van der Waals surface area contributed by atoms with Crippen LogP contribution in [-0.4, -0.2) is 53.1 Å². The smallest absolute Gasteiger partial charge is 0.0791 e. The molecule has 2 atom stereocenters. The van der Waals surface area contributed by atoms with Gasteiger partial charge in [-0.2, -0.15) is 5.10 Å². The summed E-state index contributed by atoms with van der Waals surface area (Å²) < 4.78 is 2.01. The highest BCUT2D eigenvalue weighted by molar-refractivity contribution is 5.44. The van der Waals surface area contributed by atoms with E-state index in [4.69, 9.17) is 0 Å². The van der Waals surface area contributed by atoms with Gasteiger partial charge in [-0.25, -0.2) is 4.68 Å². The third-order valence-electron chi connectivity index (χ3n) is 4.34. The average molecular weight is 330 g/mol. The van der Waals surface area contributed by atoms with Gasteiger partial charge in [-0.05, 0) is 59.0 Å². The Hall–Kier alpha value is -1.69. The predicted molar refractivity (Wildman–Crippen MR) is 98.8 cm³/mol. The van der Waals surface area contributed by atoms with Crippen molar-refractivity contribution in [3.05, 3.63) is 46.8 Å². The minimum absolute atomic E-state index is 0.140. The highest BCUT2D eigenvalue weighted by Gasteiger charge is 2.16. The van der Waals surface area contributed by atoms with E-state index in [9.17, 15) is 5.11 Å². The van der Waals surface area contributed by atoms with E-state index < -0.39 is 0 Å². The summed E-state index contributed by atoms with van der Waals surface area (Å²) in [6, 6.07) is 6.55. The number of nitrogens with zero attached hydrogens (tertiary/aromatic N) is 3. The molecule has 0 spiro atoms. The number of hydrogen-bond acceptors (Lipinski definition) is 4. The number of likely N-dealkylation sites (N-methyl/N-ethyl adjacent to an activating group) is 1. The van der Waals surface area contributed by atoms with E-state index in [1.165, 1.54) is 11.1 Å². The average Bonchev–Trinajstić information content (AvgIpc) is 2.88. The van der Waals surface area contributed by atoms with Gasteiger partial charge in [0.25, 0.3) is 0 Å². The van der Waals surface area contributed by atoms with Crippen molar-refractivity contribution in [2.75, 3.05) is 27.2 Å². The van der Waals surface area contributed by atoms with Gasteiger partial charge in [0.15, 0.2) is 0 Å². The van der Waals surface area contributed by atoms with Crippen LogP contribution in [0.1, 0.15) is 35.3 Å². The summed E-state index contributed by atoms with van der Waals surface area (Å²) in [5.41, 5.74) is 5.85. The van der Waals surface area contributed by atoms with Crippen molar-refractivity contribution < 1.29 is 5.11 Å². The highest BCUT2D eigenvalue weighted by atomic mass is 16.3. The molecule has 2 aromatic rings. The zero-order valence-corrected chi connectivity index (χ0v) is 15.7. The van der Waals surface area contributed by atoms with Gasteiger partial charge in [0.2, 0.25) is 0 Å². The van der Waals surface area contributed by atoms with Crippen molar-refractivity contribution in [3.8, 4) is 5.69 Å². The van der Waals surface area contributed by atoms with Crippen LogP contribution in [0.25, 0.3) is 5.69 Å². The van der Waals surface area contributed by atoms with E-state index in [0.717, 1.165) is 16.9 Å². The van der Waals surface area contributed by atoms with Gasteiger partial charge in [-0.3, -0.25) is 0 Å². The number of aryl methyl sites for hydroxylation is 2. The van der Waals surface area contributed by atoms with Crippen molar-refractivity contribution in [3.63, 3.8) is 0 Å². The number of rotatable bonds is 7. The maximum absolute atomic E-state index is 10.0. The van der Waals surface area contributed by atoms with E-state index in [2.05, 4.69) is 56.3 Å². The Morgan fingerprint density at radius 3 is 2.62 bits per heavy atom. The third kappa shape index (κ3) is 4.44. The maximum Gasteiger partial charge on any atom is 0.0791 e. The Kier molecular flexibility index (Phi) is 6.15. The van der Waals surface area contributed by atoms with Crippen molar-refractivity contribution >= 4 is 0 Å². The molecule has 1 aromatic heterocycles. The van der Waals surface area contributed by atoms with Crippen LogP contribution in [0.5, 0.6) is 0 Å². The number of aromatic nitrogens is 2. The fraction of sp³-hybridized carbons (Fsp3) is 0.526. The predicted octanol–water partition coefficient (Wildman–Crippen LogP) is 2.37. The summed E-state index contributed by atoms with van der Waals surface area (Å²) >= 11 is 0. The van der Waals surface area contributed by atoms with E-state index >= 15 is 0 Å². The number of aliphatic hydroxyl groups excluding tert-OH is 1. The second-order valence-electron chi connectivity index (χ2n) is 6.93. The van der Waals surface area contributed by atoms with Gasteiger partial charge < -0.3 is 15.3 Å². The zero-order chi connectivity index (χ0) is 17.9. The van der Waals surface area contributed by atoms with Crippen LogP contribution in [0.3, 0.4) is 0 Å². The van der Waals surface area contributed by atoms with Crippen molar-refractivity contribution in [1.82, 2.24) is 20.0 Å². The summed E-state index contributed by atoms with van der Waals surface area (Å²) in [5, 5.41) is 18.0. The number of aliphatic hydroxyl groups is 1. The number of hydrogen-bond donors (Lipinski definition) is 2. The molecule has 0 saturated carbocycles. The fourth-order valence-electron chi connectivity index (χ4n) is 2.95. The highest BCUT2D eigenvalue weighted by Crippen LogP contribution is 2.22. The van der Waals surface area contributed by atoms with Crippen LogP contribution in [0.4, 0.5) is 0 Å². The molecule has 0 aliphatic rings. The van der Waals surface area contributed by atoms with Crippen LogP contribution >= 0.6 is 0 Å². The first kappa shape index (κ1) is 18.6. The van der Waals surface area contributed by atoms with E-state index in [1.54, 1.807) is 0 Å². The first-order valence-electron chi connectivity index (χ1n) is 8.48. The van der Waals surface area contributed by atoms with Gasteiger partial charge in [-0.15, -0.1) is 0 Å². The lowest BCUT2D eigenvalue weighted by molar-refractivity contribution is 0.132. The van der Waals surface area contributed by atoms with Crippen LogP contribution in [0, 0.1) is 20.8 Å². The molecule has 0 aliphatic heterocycles. The second kappa shape index (κ2) is 7.92. The molecule has 0 bridgehead atoms. The monoisotopic (exact) mass is 330 g/mol. The molecule has 2 rings (SSSR count). The van der Waals surface area contributed by atoms with E-state index in [0.29, 0.717) is 13.1 Å².